The first-order chi connectivity index (χ1) is 15.4. The van der Waals surface area contributed by atoms with Crippen LogP contribution in [0.4, 0.5) is 5.69 Å². The SMILES string of the molecule is C=[N+]1c2ccc3ccccc3c2C([Si](C)(C)C)=C[C-]1c1cccc2c1[o+][c-]1ncccc21. The number of hydrogen-bond donors (Lipinski definition) is 0. The number of para-hydroxylation sites is 1. The summed E-state index contributed by atoms with van der Waals surface area (Å²) in [5, 5.41) is 6.11. The van der Waals surface area contributed by atoms with Crippen LogP contribution in [0.1, 0.15) is 11.1 Å². The second kappa shape index (κ2) is 6.68. The van der Waals surface area contributed by atoms with Gasteiger partial charge in [0, 0.05) is 13.5 Å². The molecule has 0 saturated carbocycles. The maximum Gasteiger partial charge on any atom is 0.377 e. The highest BCUT2D eigenvalue weighted by Crippen LogP contribution is 2.46. The number of nitrogens with zero attached hydrogens (tertiary/aromatic N) is 2. The third-order valence-corrected chi connectivity index (χ3v) is 8.41. The van der Waals surface area contributed by atoms with E-state index in [9.17, 15) is 0 Å². The van der Waals surface area contributed by atoms with Crippen LogP contribution < -0.4 is 0 Å². The summed E-state index contributed by atoms with van der Waals surface area (Å²) in [4.78, 5) is 4.43. The molecule has 1 aliphatic heterocycles. The predicted molar refractivity (Wildman–Crippen MR) is 136 cm³/mol. The van der Waals surface area contributed by atoms with Crippen LogP contribution in [-0.2, 0) is 0 Å². The molecule has 5 aromatic rings. The van der Waals surface area contributed by atoms with Crippen LogP contribution >= 0.6 is 0 Å². The number of rotatable bonds is 2. The first-order valence-corrected chi connectivity index (χ1v) is 14.4. The first-order valence-electron chi connectivity index (χ1n) is 10.9. The average molecular weight is 433 g/mol. The molecule has 3 heterocycles. The van der Waals surface area contributed by atoms with Gasteiger partial charge in [-0.05, 0) is 40.1 Å². The second-order valence-electron chi connectivity index (χ2n) is 9.44. The van der Waals surface area contributed by atoms with Gasteiger partial charge in [-0.2, -0.15) is 0 Å². The minimum atomic E-state index is -1.69. The number of furan rings is 1. The smallest absolute Gasteiger partial charge is 0.268 e. The monoisotopic (exact) mass is 432 g/mol. The Labute approximate surface area is 188 Å². The van der Waals surface area contributed by atoms with Gasteiger partial charge in [0.05, 0.1) is 12.3 Å². The zero-order valence-corrected chi connectivity index (χ0v) is 19.5. The quantitative estimate of drug-likeness (QED) is 0.126. The van der Waals surface area contributed by atoms with E-state index in [2.05, 4.69) is 103 Å². The molecule has 0 spiro atoms. The summed E-state index contributed by atoms with van der Waals surface area (Å²) in [6.07, 6.45) is 4.12. The van der Waals surface area contributed by atoms with E-state index in [4.69, 9.17) is 4.42 Å². The van der Waals surface area contributed by atoms with Crippen LogP contribution in [0.25, 0.3) is 38.0 Å². The summed E-state index contributed by atoms with van der Waals surface area (Å²) < 4.78 is 8.33. The lowest BCUT2D eigenvalue weighted by Gasteiger charge is -2.33. The highest BCUT2D eigenvalue weighted by atomic mass is 28.3. The summed E-state index contributed by atoms with van der Waals surface area (Å²) in [6.45, 7) is 11.7. The Morgan fingerprint density at radius 1 is 0.906 bits per heavy atom. The van der Waals surface area contributed by atoms with E-state index in [1.54, 1.807) is 6.20 Å². The van der Waals surface area contributed by atoms with Crippen LogP contribution in [0.2, 0.25) is 19.6 Å². The van der Waals surface area contributed by atoms with E-state index < -0.39 is 8.07 Å². The molecule has 6 rings (SSSR count). The molecule has 156 valence electrons. The highest BCUT2D eigenvalue weighted by molar-refractivity contribution is 6.94. The molecule has 3 aromatic carbocycles. The number of aromatic nitrogens is 1. The Morgan fingerprint density at radius 3 is 2.56 bits per heavy atom. The number of fused-ring (bicyclic) bond motifs is 6. The van der Waals surface area contributed by atoms with Crippen LogP contribution in [0, 0.1) is 6.04 Å². The van der Waals surface area contributed by atoms with E-state index in [1.807, 2.05) is 6.07 Å². The Bertz CT molecular complexity index is 1590. The summed E-state index contributed by atoms with van der Waals surface area (Å²) in [6, 6.07) is 24.5. The average Bonchev–Trinajstić information content (AvgIpc) is 3.17. The van der Waals surface area contributed by atoms with Gasteiger partial charge in [-0.25, -0.2) is 9.56 Å². The summed E-state index contributed by atoms with van der Waals surface area (Å²) in [5.74, 6) is 0. The number of benzene rings is 3. The molecule has 3 nitrogen and oxygen atoms in total. The standard InChI is InChI=1S/C28H24N2OSi/c1-30-23-15-14-18-9-5-6-10-19(18)26(23)25(32(2,3)4)17-24(30)22-12-7-11-20-21-13-8-16-29-28(21)31-27(20)22/h5-17H,1H2,2-4H3. The molecule has 0 radical (unpaired) electrons. The summed E-state index contributed by atoms with van der Waals surface area (Å²) in [5.41, 5.74) is 5.04. The third-order valence-electron chi connectivity index (χ3n) is 6.40. The van der Waals surface area contributed by atoms with Gasteiger partial charge in [-0.15, -0.1) is 12.1 Å². The van der Waals surface area contributed by atoms with Crippen molar-refractivity contribution in [3.63, 3.8) is 0 Å². The van der Waals surface area contributed by atoms with Crippen molar-refractivity contribution >= 4 is 58.5 Å². The van der Waals surface area contributed by atoms with Gasteiger partial charge in [-0.1, -0.05) is 73.4 Å². The molecule has 32 heavy (non-hydrogen) atoms. The van der Waals surface area contributed by atoms with Crippen LogP contribution in [-0.4, -0.2) is 24.4 Å². The van der Waals surface area contributed by atoms with E-state index in [-0.39, 0.29) is 0 Å². The van der Waals surface area contributed by atoms with Gasteiger partial charge in [0.1, 0.15) is 0 Å². The van der Waals surface area contributed by atoms with Gasteiger partial charge < -0.3 is 0 Å². The van der Waals surface area contributed by atoms with Crippen LogP contribution in [0.15, 0.2) is 83.4 Å². The van der Waals surface area contributed by atoms with E-state index >= 15 is 0 Å². The van der Waals surface area contributed by atoms with E-state index in [0.29, 0.717) is 5.71 Å². The molecule has 2 aromatic heterocycles. The minimum Gasteiger partial charge on any atom is -0.268 e. The molecule has 1 aliphatic rings. The predicted octanol–water partition coefficient (Wildman–Crippen LogP) is 7.33. The topological polar surface area (TPSA) is 27.2 Å². The normalized spacial score (nSPS) is 14.3. The molecular weight excluding hydrogens is 408 g/mol. The van der Waals surface area contributed by atoms with Crippen molar-refractivity contribution in [2.24, 2.45) is 0 Å². The van der Waals surface area contributed by atoms with Gasteiger partial charge in [0.2, 0.25) is 0 Å². The zero-order chi connectivity index (χ0) is 22.0. The lowest BCUT2D eigenvalue weighted by Crippen LogP contribution is -2.29. The maximum absolute atomic E-state index is 6.26. The van der Waals surface area contributed by atoms with E-state index in [1.165, 1.54) is 21.5 Å². The lowest BCUT2D eigenvalue weighted by molar-refractivity contribution is -0.400. The van der Waals surface area contributed by atoms with Crippen molar-refractivity contribution in [1.29, 1.82) is 0 Å². The molecule has 0 amide bonds. The number of pyridine rings is 1. The second-order valence-corrected chi connectivity index (χ2v) is 14.5. The largest absolute Gasteiger partial charge is 0.377 e. The fourth-order valence-electron chi connectivity index (χ4n) is 4.83. The van der Waals surface area contributed by atoms with Gasteiger partial charge >= 0.3 is 5.71 Å². The third kappa shape index (κ3) is 2.69. The van der Waals surface area contributed by atoms with Crippen LogP contribution in [0.3, 0.4) is 0 Å². The van der Waals surface area contributed by atoms with Crippen molar-refractivity contribution in [2.45, 2.75) is 19.6 Å². The molecule has 4 heteroatoms. The van der Waals surface area contributed by atoms with Crippen LogP contribution in [0.5, 0.6) is 0 Å². The summed E-state index contributed by atoms with van der Waals surface area (Å²) in [7, 11) is -1.69. The Balaban J connectivity index is 1.65. The fourth-order valence-corrected chi connectivity index (χ4v) is 6.42. The van der Waals surface area contributed by atoms with E-state index in [0.717, 1.165) is 33.6 Å². The van der Waals surface area contributed by atoms with Gasteiger partial charge in [0.25, 0.3) is 5.58 Å². The zero-order valence-electron chi connectivity index (χ0n) is 18.5. The van der Waals surface area contributed by atoms with Crippen molar-refractivity contribution in [3.05, 3.63) is 96.2 Å². The highest BCUT2D eigenvalue weighted by Gasteiger charge is 2.35. The molecule has 0 saturated heterocycles. The molecular formula is C28H24N2OSi. The van der Waals surface area contributed by atoms with Crippen molar-refractivity contribution < 1.29 is 8.99 Å². The molecule has 0 unspecified atom stereocenters. The van der Waals surface area contributed by atoms with Gasteiger partial charge in [0.15, 0.2) is 11.7 Å². The fraction of sp³-hybridized carbons (Fsp3) is 0.107. The Kier molecular flexibility index (Phi) is 3.98. The molecule has 0 bridgehead atoms. The van der Waals surface area contributed by atoms with Crippen molar-refractivity contribution in [1.82, 2.24) is 4.98 Å². The van der Waals surface area contributed by atoms with Crippen molar-refractivity contribution in [3.8, 4) is 0 Å². The Hall–Kier alpha value is -3.63. The molecule has 0 N–H and O–H groups in total. The molecule has 0 fully saturated rings. The maximum atomic E-state index is 6.26. The number of hydrogen-bond acceptors (Lipinski definition) is 1. The summed E-state index contributed by atoms with van der Waals surface area (Å²) >= 11 is 0. The molecule has 0 atom stereocenters. The first kappa shape index (κ1) is 19.1. The lowest BCUT2D eigenvalue weighted by atomic mass is 9.94. The Morgan fingerprint density at radius 2 is 1.72 bits per heavy atom. The minimum absolute atomic E-state index is 0.669. The van der Waals surface area contributed by atoms with Crippen molar-refractivity contribution in [2.75, 3.05) is 0 Å². The van der Waals surface area contributed by atoms with Gasteiger partial charge in [-0.3, -0.25) is 4.42 Å². The molecule has 0 aliphatic carbocycles.